The van der Waals surface area contributed by atoms with Gasteiger partial charge in [-0.3, -0.25) is 4.99 Å². The zero-order chi connectivity index (χ0) is 16.8. The molecule has 7 heteroatoms. The predicted molar refractivity (Wildman–Crippen MR) is 93.4 cm³/mol. The van der Waals surface area contributed by atoms with Crippen molar-refractivity contribution in [3.8, 4) is 5.75 Å². The van der Waals surface area contributed by atoms with Crippen LogP contribution in [0.25, 0.3) is 0 Å². The van der Waals surface area contributed by atoms with Gasteiger partial charge < -0.3 is 24.8 Å². The summed E-state index contributed by atoms with van der Waals surface area (Å²) < 4.78 is 10.3. The van der Waals surface area contributed by atoms with Crippen molar-refractivity contribution in [2.75, 3.05) is 32.1 Å². The number of hydrogen-bond acceptors (Lipinski definition) is 5. The first-order valence-corrected chi connectivity index (χ1v) is 8.04. The minimum atomic E-state index is 0.332. The van der Waals surface area contributed by atoms with Gasteiger partial charge in [-0.1, -0.05) is 17.3 Å². The molecule has 2 N–H and O–H groups in total. The van der Waals surface area contributed by atoms with E-state index in [4.69, 9.17) is 9.26 Å². The summed E-state index contributed by atoms with van der Waals surface area (Å²) in [5.41, 5.74) is 1.98. The van der Waals surface area contributed by atoms with E-state index in [0.717, 1.165) is 42.6 Å². The lowest BCUT2D eigenvalue weighted by Crippen LogP contribution is -2.44. The minimum absolute atomic E-state index is 0.332. The minimum Gasteiger partial charge on any atom is -0.495 e. The van der Waals surface area contributed by atoms with Crippen LogP contribution in [0.3, 0.4) is 0 Å². The van der Waals surface area contributed by atoms with Crippen molar-refractivity contribution in [1.29, 1.82) is 0 Å². The highest BCUT2D eigenvalue weighted by molar-refractivity contribution is 5.80. The maximum Gasteiger partial charge on any atom is 0.191 e. The molecule has 1 unspecified atom stereocenters. The number of benzene rings is 1. The highest BCUT2D eigenvalue weighted by atomic mass is 16.5. The Hall–Kier alpha value is -2.70. The van der Waals surface area contributed by atoms with E-state index in [1.54, 1.807) is 20.4 Å². The summed E-state index contributed by atoms with van der Waals surface area (Å²) in [5, 5.41) is 10.6. The summed E-state index contributed by atoms with van der Waals surface area (Å²) in [6.45, 7) is 2.47. The number of nitrogens with zero attached hydrogens (tertiary/aromatic N) is 3. The largest absolute Gasteiger partial charge is 0.495 e. The number of nitrogens with one attached hydrogen (secondary N) is 2. The number of ether oxygens (including phenoxy) is 1. The van der Waals surface area contributed by atoms with E-state index in [1.807, 2.05) is 24.3 Å². The fraction of sp³-hybridized carbons (Fsp3) is 0.412. The third kappa shape index (κ3) is 3.79. The lowest BCUT2D eigenvalue weighted by molar-refractivity contribution is 0.410. The van der Waals surface area contributed by atoms with E-state index in [9.17, 15) is 0 Å². The molecule has 0 aliphatic carbocycles. The van der Waals surface area contributed by atoms with Crippen LogP contribution in [0.2, 0.25) is 0 Å². The fourth-order valence-corrected chi connectivity index (χ4v) is 2.88. The standard InChI is InChI=1S/C17H23N5O2/c1-18-17(19-11-13-8-10-24-21-13)20-14-7-9-22(12-14)15-5-3-4-6-16(15)23-2/h3-6,8,10,14H,7,9,11-12H2,1-2H3,(H2,18,19,20). The lowest BCUT2D eigenvalue weighted by Gasteiger charge is -2.22. The molecule has 7 nitrogen and oxygen atoms in total. The Morgan fingerprint density at radius 2 is 2.29 bits per heavy atom. The highest BCUT2D eigenvalue weighted by Gasteiger charge is 2.25. The molecule has 0 bridgehead atoms. The number of aromatic nitrogens is 1. The van der Waals surface area contributed by atoms with Gasteiger partial charge in [0.25, 0.3) is 0 Å². The molecule has 1 aliphatic rings. The van der Waals surface area contributed by atoms with Gasteiger partial charge in [0.1, 0.15) is 17.7 Å². The first-order chi connectivity index (χ1) is 11.8. The number of guanidine groups is 1. The van der Waals surface area contributed by atoms with E-state index >= 15 is 0 Å². The Balaban J connectivity index is 1.55. The van der Waals surface area contributed by atoms with Crippen LogP contribution in [0, 0.1) is 0 Å². The molecule has 0 radical (unpaired) electrons. The molecule has 2 aromatic rings. The third-order valence-corrected chi connectivity index (χ3v) is 4.11. The average molecular weight is 329 g/mol. The van der Waals surface area contributed by atoms with Crippen LogP contribution >= 0.6 is 0 Å². The molecule has 128 valence electrons. The van der Waals surface area contributed by atoms with Crippen molar-refractivity contribution < 1.29 is 9.26 Å². The van der Waals surface area contributed by atoms with Gasteiger partial charge >= 0.3 is 0 Å². The second-order valence-electron chi connectivity index (χ2n) is 5.66. The summed E-state index contributed by atoms with van der Waals surface area (Å²) in [7, 11) is 3.48. The van der Waals surface area contributed by atoms with Gasteiger partial charge in [-0.15, -0.1) is 0 Å². The molecular weight excluding hydrogens is 306 g/mol. The summed E-state index contributed by atoms with van der Waals surface area (Å²) in [6.07, 6.45) is 2.61. The van der Waals surface area contributed by atoms with Crippen molar-refractivity contribution in [3.63, 3.8) is 0 Å². The van der Waals surface area contributed by atoms with Gasteiger partial charge in [0.2, 0.25) is 0 Å². The number of para-hydroxylation sites is 2. The van der Waals surface area contributed by atoms with Crippen LogP contribution in [0.15, 0.2) is 46.1 Å². The van der Waals surface area contributed by atoms with Crippen molar-refractivity contribution in [2.24, 2.45) is 4.99 Å². The van der Waals surface area contributed by atoms with Gasteiger partial charge in [-0.25, -0.2) is 0 Å². The van der Waals surface area contributed by atoms with Crippen molar-refractivity contribution in [3.05, 3.63) is 42.3 Å². The Bertz CT molecular complexity index is 671. The Morgan fingerprint density at radius 1 is 1.42 bits per heavy atom. The van der Waals surface area contributed by atoms with E-state index in [2.05, 4.69) is 31.7 Å². The molecule has 0 spiro atoms. The Labute approximate surface area is 141 Å². The highest BCUT2D eigenvalue weighted by Crippen LogP contribution is 2.30. The molecule has 1 aromatic carbocycles. The molecule has 1 fully saturated rings. The smallest absolute Gasteiger partial charge is 0.191 e. The van der Waals surface area contributed by atoms with Crippen LogP contribution in [0.5, 0.6) is 5.75 Å². The lowest BCUT2D eigenvalue weighted by atomic mass is 10.2. The molecule has 0 amide bonds. The van der Waals surface area contributed by atoms with Crippen LogP contribution < -0.4 is 20.3 Å². The zero-order valence-electron chi connectivity index (χ0n) is 14.0. The van der Waals surface area contributed by atoms with E-state index in [-0.39, 0.29) is 0 Å². The molecule has 1 aromatic heterocycles. The van der Waals surface area contributed by atoms with Gasteiger partial charge in [0.05, 0.1) is 19.3 Å². The predicted octanol–water partition coefficient (Wildman–Crippen LogP) is 1.63. The number of rotatable bonds is 5. The molecule has 1 aliphatic heterocycles. The second-order valence-corrected chi connectivity index (χ2v) is 5.66. The zero-order valence-corrected chi connectivity index (χ0v) is 14.0. The van der Waals surface area contributed by atoms with E-state index in [1.165, 1.54) is 0 Å². The van der Waals surface area contributed by atoms with Crippen LogP contribution in [0.1, 0.15) is 12.1 Å². The molecule has 2 heterocycles. The van der Waals surface area contributed by atoms with Gasteiger partial charge in [0.15, 0.2) is 5.96 Å². The SMILES string of the molecule is CN=C(NCc1ccon1)NC1CCN(c2ccccc2OC)C1. The maximum atomic E-state index is 5.46. The third-order valence-electron chi connectivity index (χ3n) is 4.11. The molecule has 0 saturated carbocycles. The Kier molecular flexibility index (Phi) is 5.20. The van der Waals surface area contributed by atoms with Crippen LogP contribution in [-0.4, -0.2) is 44.4 Å². The summed E-state index contributed by atoms with van der Waals surface area (Å²) >= 11 is 0. The van der Waals surface area contributed by atoms with Crippen LogP contribution in [-0.2, 0) is 6.54 Å². The summed E-state index contributed by atoms with van der Waals surface area (Å²) in [5.74, 6) is 1.68. The molecule has 1 saturated heterocycles. The maximum absolute atomic E-state index is 5.46. The molecular formula is C17H23N5O2. The van der Waals surface area contributed by atoms with Crippen molar-refractivity contribution >= 4 is 11.6 Å². The van der Waals surface area contributed by atoms with Crippen molar-refractivity contribution in [1.82, 2.24) is 15.8 Å². The molecule has 3 rings (SSSR count). The molecule has 1 atom stereocenters. The summed E-state index contributed by atoms with van der Waals surface area (Å²) in [6, 6.07) is 10.3. The first kappa shape index (κ1) is 16.2. The second kappa shape index (κ2) is 7.72. The van der Waals surface area contributed by atoms with Crippen LogP contribution in [0.4, 0.5) is 5.69 Å². The normalized spacial score (nSPS) is 17.8. The quantitative estimate of drug-likeness (QED) is 0.641. The molecule has 24 heavy (non-hydrogen) atoms. The number of hydrogen-bond donors (Lipinski definition) is 2. The van der Waals surface area contributed by atoms with E-state index < -0.39 is 0 Å². The van der Waals surface area contributed by atoms with E-state index in [0.29, 0.717) is 12.6 Å². The summed E-state index contributed by atoms with van der Waals surface area (Å²) in [4.78, 5) is 6.61. The average Bonchev–Trinajstić information content (AvgIpc) is 3.30. The van der Waals surface area contributed by atoms with Gasteiger partial charge in [0, 0.05) is 32.2 Å². The Morgan fingerprint density at radius 3 is 3.04 bits per heavy atom. The monoisotopic (exact) mass is 329 g/mol. The van der Waals surface area contributed by atoms with Gasteiger partial charge in [-0.2, -0.15) is 0 Å². The number of anilines is 1. The van der Waals surface area contributed by atoms with Gasteiger partial charge in [-0.05, 0) is 18.6 Å². The fourth-order valence-electron chi connectivity index (χ4n) is 2.88. The topological polar surface area (TPSA) is 74.9 Å². The first-order valence-electron chi connectivity index (χ1n) is 8.04. The number of aliphatic imine (C=N–C) groups is 1. The van der Waals surface area contributed by atoms with Crippen molar-refractivity contribution in [2.45, 2.75) is 19.0 Å². The number of methoxy groups -OCH3 is 1.